The predicted octanol–water partition coefficient (Wildman–Crippen LogP) is 1.94. The van der Waals surface area contributed by atoms with Gasteiger partial charge in [0.25, 0.3) is 5.91 Å². The predicted molar refractivity (Wildman–Crippen MR) is 81.4 cm³/mol. The minimum atomic E-state index is -0.205. The molecule has 6 heteroatoms. The number of aromatic nitrogens is 2. The second-order valence-corrected chi connectivity index (χ2v) is 5.53. The van der Waals surface area contributed by atoms with Crippen molar-refractivity contribution in [2.75, 3.05) is 19.6 Å². The maximum atomic E-state index is 12.2. The number of likely N-dealkylation sites (tertiary alicyclic amines) is 1. The summed E-state index contributed by atoms with van der Waals surface area (Å²) in [6.07, 6.45) is 7.15. The Kier molecular flexibility index (Phi) is 4.48. The average Bonchev–Trinajstić information content (AvgIpc) is 3.22. The largest absolute Gasteiger partial charge is 0.468 e. The summed E-state index contributed by atoms with van der Waals surface area (Å²) in [5, 5.41) is 2.94. The molecule has 6 nitrogen and oxygen atoms in total. The SMILES string of the molecule is Cc1cnc(C(=O)NC[C@H](c2ccco2)N2CCCC2)cn1. The normalized spacial score (nSPS) is 16.6. The van der Waals surface area contributed by atoms with Crippen molar-refractivity contribution in [1.29, 1.82) is 0 Å². The van der Waals surface area contributed by atoms with Crippen LogP contribution in [0.15, 0.2) is 35.2 Å². The monoisotopic (exact) mass is 300 g/mol. The summed E-state index contributed by atoms with van der Waals surface area (Å²) in [7, 11) is 0. The first kappa shape index (κ1) is 14.7. The van der Waals surface area contributed by atoms with Crippen LogP contribution in [0.1, 0.15) is 40.8 Å². The minimum Gasteiger partial charge on any atom is -0.468 e. The summed E-state index contributed by atoms with van der Waals surface area (Å²) in [5.74, 6) is 0.681. The quantitative estimate of drug-likeness (QED) is 0.913. The van der Waals surface area contributed by atoms with E-state index >= 15 is 0 Å². The van der Waals surface area contributed by atoms with Crippen molar-refractivity contribution < 1.29 is 9.21 Å². The van der Waals surface area contributed by atoms with Gasteiger partial charge < -0.3 is 9.73 Å². The van der Waals surface area contributed by atoms with E-state index in [-0.39, 0.29) is 11.9 Å². The lowest BCUT2D eigenvalue weighted by molar-refractivity contribution is 0.0928. The minimum absolute atomic E-state index is 0.0693. The van der Waals surface area contributed by atoms with Gasteiger partial charge in [0.15, 0.2) is 0 Å². The van der Waals surface area contributed by atoms with Gasteiger partial charge in [-0.3, -0.25) is 14.7 Å². The van der Waals surface area contributed by atoms with Crippen LogP contribution in [-0.2, 0) is 0 Å². The first-order valence-corrected chi connectivity index (χ1v) is 7.58. The lowest BCUT2D eigenvalue weighted by Gasteiger charge is -2.25. The van der Waals surface area contributed by atoms with Crippen molar-refractivity contribution in [3.8, 4) is 0 Å². The van der Waals surface area contributed by atoms with Crippen molar-refractivity contribution in [1.82, 2.24) is 20.2 Å². The molecule has 3 rings (SSSR count). The molecule has 0 spiro atoms. The molecule has 116 valence electrons. The van der Waals surface area contributed by atoms with Crippen LogP contribution in [0.2, 0.25) is 0 Å². The van der Waals surface area contributed by atoms with Gasteiger partial charge in [-0.15, -0.1) is 0 Å². The summed E-state index contributed by atoms with van der Waals surface area (Å²) >= 11 is 0. The van der Waals surface area contributed by atoms with Crippen molar-refractivity contribution in [2.24, 2.45) is 0 Å². The summed E-state index contributed by atoms with van der Waals surface area (Å²) in [6, 6.07) is 3.91. The van der Waals surface area contributed by atoms with E-state index in [1.54, 1.807) is 12.5 Å². The van der Waals surface area contributed by atoms with Crippen molar-refractivity contribution in [2.45, 2.75) is 25.8 Å². The molecule has 2 aromatic heterocycles. The first-order valence-electron chi connectivity index (χ1n) is 7.58. The Morgan fingerprint density at radius 3 is 2.82 bits per heavy atom. The van der Waals surface area contributed by atoms with Gasteiger partial charge in [0.05, 0.1) is 24.2 Å². The standard InChI is InChI=1S/C16H20N4O2/c1-12-9-18-13(10-17-12)16(21)19-11-14(15-5-4-8-22-15)20-6-2-3-7-20/h4-5,8-10,14H,2-3,6-7,11H2,1H3,(H,19,21)/t14-/m1/s1. The Balaban J connectivity index is 1.66. The molecule has 0 bridgehead atoms. The number of hydrogen-bond donors (Lipinski definition) is 1. The van der Waals surface area contributed by atoms with Gasteiger partial charge in [-0.25, -0.2) is 4.98 Å². The maximum Gasteiger partial charge on any atom is 0.271 e. The molecule has 2 aromatic rings. The van der Waals surface area contributed by atoms with E-state index in [9.17, 15) is 4.79 Å². The summed E-state index contributed by atoms with van der Waals surface area (Å²) in [6.45, 7) is 4.41. The zero-order valence-electron chi connectivity index (χ0n) is 12.7. The number of carbonyl (C=O) groups excluding carboxylic acids is 1. The van der Waals surface area contributed by atoms with Crippen LogP contribution >= 0.6 is 0 Å². The molecule has 3 heterocycles. The molecule has 1 saturated heterocycles. The zero-order chi connectivity index (χ0) is 15.4. The third-order valence-corrected chi connectivity index (χ3v) is 3.92. The average molecular weight is 300 g/mol. The van der Waals surface area contributed by atoms with Gasteiger partial charge in [-0.1, -0.05) is 0 Å². The lowest BCUT2D eigenvalue weighted by Crippen LogP contribution is -2.36. The molecule has 1 aliphatic rings. The van der Waals surface area contributed by atoms with Gasteiger partial charge in [0.2, 0.25) is 0 Å². The molecule has 0 saturated carbocycles. The molecular weight excluding hydrogens is 280 g/mol. The molecule has 1 aliphatic heterocycles. The lowest BCUT2D eigenvalue weighted by atomic mass is 10.2. The van der Waals surface area contributed by atoms with Gasteiger partial charge in [0.1, 0.15) is 11.5 Å². The zero-order valence-corrected chi connectivity index (χ0v) is 12.7. The highest BCUT2D eigenvalue weighted by molar-refractivity contribution is 5.91. The third-order valence-electron chi connectivity index (χ3n) is 3.92. The molecule has 1 N–H and O–H groups in total. The fraction of sp³-hybridized carbons (Fsp3) is 0.438. The van der Waals surface area contributed by atoms with Crippen molar-refractivity contribution in [3.05, 3.63) is 47.9 Å². The number of carbonyl (C=O) groups is 1. The first-order chi connectivity index (χ1) is 10.7. The molecule has 1 fully saturated rings. The number of furan rings is 1. The fourth-order valence-electron chi connectivity index (χ4n) is 2.73. The van der Waals surface area contributed by atoms with Crippen LogP contribution in [0.3, 0.4) is 0 Å². The maximum absolute atomic E-state index is 12.2. The summed E-state index contributed by atoms with van der Waals surface area (Å²) in [5.41, 5.74) is 1.13. The Morgan fingerprint density at radius 2 is 2.18 bits per heavy atom. The van der Waals surface area contributed by atoms with Crippen molar-refractivity contribution in [3.63, 3.8) is 0 Å². The van der Waals surface area contributed by atoms with E-state index in [4.69, 9.17) is 4.42 Å². The topological polar surface area (TPSA) is 71.3 Å². The Hall–Kier alpha value is -2.21. The molecule has 0 radical (unpaired) electrons. The van der Waals surface area contributed by atoms with Crippen LogP contribution in [-0.4, -0.2) is 40.4 Å². The molecule has 0 aliphatic carbocycles. The van der Waals surface area contributed by atoms with Crippen LogP contribution in [0.4, 0.5) is 0 Å². The van der Waals surface area contributed by atoms with Gasteiger partial charge in [-0.05, 0) is 45.0 Å². The Labute approximate surface area is 129 Å². The van der Waals surface area contributed by atoms with Gasteiger partial charge in [-0.2, -0.15) is 0 Å². The van der Waals surface area contributed by atoms with Gasteiger partial charge >= 0.3 is 0 Å². The highest BCUT2D eigenvalue weighted by Gasteiger charge is 2.26. The highest BCUT2D eigenvalue weighted by atomic mass is 16.3. The number of rotatable bonds is 5. The third kappa shape index (κ3) is 3.33. The number of nitrogens with zero attached hydrogens (tertiary/aromatic N) is 3. The van der Waals surface area contributed by atoms with E-state index in [1.807, 2.05) is 19.1 Å². The van der Waals surface area contributed by atoms with Crippen LogP contribution in [0.25, 0.3) is 0 Å². The summed E-state index contributed by atoms with van der Waals surface area (Å²) in [4.78, 5) is 22.7. The molecule has 1 amide bonds. The van der Waals surface area contributed by atoms with Crippen LogP contribution < -0.4 is 5.32 Å². The number of nitrogens with one attached hydrogen (secondary N) is 1. The number of aryl methyl sites for hydroxylation is 1. The molecule has 1 atom stereocenters. The van der Waals surface area contributed by atoms with Crippen LogP contribution in [0.5, 0.6) is 0 Å². The smallest absolute Gasteiger partial charge is 0.271 e. The van der Waals surface area contributed by atoms with E-state index in [1.165, 1.54) is 19.0 Å². The number of hydrogen-bond acceptors (Lipinski definition) is 5. The molecular formula is C16H20N4O2. The molecule has 0 unspecified atom stereocenters. The summed E-state index contributed by atoms with van der Waals surface area (Å²) < 4.78 is 5.54. The second kappa shape index (κ2) is 6.70. The highest BCUT2D eigenvalue weighted by Crippen LogP contribution is 2.24. The molecule has 0 aromatic carbocycles. The number of amides is 1. The van der Waals surface area contributed by atoms with E-state index in [2.05, 4.69) is 20.2 Å². The van der Waals surface area contributed by atoms with Crippen LogP contribution in [0, 0.1) is 6.92 Å². The van der Waals surface area contributed by atoms with E-state index in [0.717, 1.165) is 24.5 Å². The van der Waals surface area contributed by atoms with Gasteiger partial charge in [0, 0.05) is 12.7 Å². The van der Waals surface area contributed by atoms with Crippen molar-refractivity contribution >= 4 is 5.91 Å². The fourth-order valence-corrected chi connectivity index (χ4v) is 2.73. The molecule has 22 heavy (non-hydrogen) atoms. The Bertz CT molecular complexity index is 604. The Morgan fingerprint density at radius 1 is 1.36 bits per heavy atom. The second-order valence-electron chi connectivity index (χ2n) is 5.53. The van der Waals surface area contributed by atoms with E-state index in [0.29, 0.717) is 12.2 Å². The van der Waals surface area contributed by atoms with E-state index < -0.39 is 0 Å².